The summed E-state index contributed by atoms with van der Waals surface area (Å²) in [6.07, 6.45) is 0. The molecule has 0 aliphatic carbocycles. The van der Waals surface area contributed by atoms with Gasteiger partial charge in [-0.1, -0.05) is 113 Å². The quantitative estimate of drug-likeness (QED) is 0.0255. The van der Waals surface area contributed by atoms with E-state index in [-0.39, 0.29) is 33.8 Å². The molecule has 1 saturated heterocycles. The van der Waals surface area contributed by atoms with Crippen LogP contribution < -0.4 is 22.2 Å². The van der Waals surface area contributed by atoms with Crippen molar-refractivity contribution in [3.63, 3.8) is 0 Å². The fourth-order valence-electron chi connectivity index (χ4n) is 6.23. The van der Waals surface area contributed by atoms with E-state index in [0.717, 1.165) is 38.1 Å². The van der Waals surface area contributed by atoms with Crippen LogP contribution >= 0.6 is 34.9 Å². The van der Waals surface area contributed by atoms with E-state index >= 15 is 0 Å². The third kappa shape index (κ3) is 7.65. The number of β-lactam (4-membered cyclic amide) rings is 1. The molecule has 0 bridgehead atoms. The van der Waals surface area contributed by atoms with Crippen LogP contribution in [0.25, 0.3) is 0 Å². The largest absolute Gasteiger partial charge is 0.477 e. The van der Waals surface area contributed by atoms with Crippen molar-refractivity contribution in [2.24, 2.45) is 10.9 Å². The van der Waals surface area contributed by atoms with Gasteiger partial charge in [-0.25, -0.2) is 9.78 Å². The van der Waals surface area contributed by atoms with Crippen LogP contribution in [-0.4, -0.2) is 93.2 Å². The van der Waals surface area contributed by atoms with Crippen LogP contribution in [0, 0.1) is 0 Å². The number of carbonyl (C=O) groups excluding carboxylic acids is 3. The molecule has 3 amide bonds. The number of carboxylic acid groups (broad SMARTS) is 1. The van der Waals surface area contributed by atoms with E-state index in [1.807, 2.05) is 91.0 Å². The van der Waals surface area contributed by atoms with Gasteiger partial charge in [0.05, 0.1) is 0 Å². The number of fused-ring (bicyclic) bond motifs is 1. The molecule has 2 aromatic heterocycles. The first-order chi connectivity index (χ1) is 27.4. The third-order valence-corrected chi connectivity index (χ3v) is 12.3. The molecule has 57 heavy (non-hydrogen) atoms. The Bertz CT molecular complexity index is 2270. The number of thioether (sulfide) groups is 2. The highest BCUT2D eigenvalue weighted by Gasteiger charge is 2.54. The standard InChI is InChI=1S/C37H35N11O6S3/c1-36(2,33(38)53)54-44-26(29(49)41-27-30(50)47-28(32(51)52)21(18-55-31(27)47)19-57-35-43-45-46-48(35)39)25-20-56-34(40-25)42-37(22-12-6-3-7-13-22,23-14-8-4-9-15-23)24-16-10-5-11-17-24/h3-17,20,27,31H,18-19,39H2,1-2H3,(H2,38,53)(H,40,42)(H,41,49)(H,51,52)/b44-26+/t27-,31-/m1/s1. The molecular formula is C37H35N11O6S3. The molecule has 3 aromatic carbocycles. The molecule has 2 atom stereocenters. The lowest BCUT2D eigenvalue weighted by atomic mass is 9.77. The molecule has 0 radical (unpaired) electrons. The van der Waals surface area contributed by atoms with Crippen molar-refractivity contribution < 1.29 is 29.1 Å². The number of rotatable bonds is 15. The number of aliphatic carboxylic acids is 1. The maximum Gasteiger partial charge on any atom is 0.352 e. The summed E-state index contributed by atoms with van der Waals surface area (Å²) >= 11 is 3.61. The number of hydrogen-bond acceptors (Lipinski definition) is 15. The van der Waals surface area contributed by atoms with Gasteiger partial charge in [-0.15, -0.1) is 27.9 Å². The molecular weight excluding hydrogens is 791 g/mol. The van der Waals surface area contributed by atoms with E-state index in [2.05, 4.69) is 31.3 Å². The monoisotopic (exact) mass is 825 g/mol. The number of aromatic nitrogens is 5. The number of anilines is 1. The van der Waals surface area contributed by atoms with Crippen molar-refractivity contribution in [3.8, 4) is 0 Å². The number of tetrazole rings is 1. The highest BCUT2D eigenvalue weighted by Crippen LogP contribution is 2.43. The third-order valence-electron chi connectivity index (χ3n) is 9.21. The summed E-state index contributed by atoms with van der Waals surface area (Å²) in [4.78, 5) is 64.7. The second-order valence-corrected chi connectivity index (χ2v) is 16.1. The molecule has 7 N–H and O–H groups in total. The Morgan fingerprint density at radius 1 is 1.00 bits per heavy atom. The first-order valence-electron chi connectivity index (χ1n) is 17.2. The zero-order valence-corrected chi connectivity index (χ0v) is 32.8. The number of oxime groups is 1. The second-order valence-electron chi connectivity index (χ2n) is 13.2. The molecule has 0 unspecified atom stereocenters. The van der Waals surface area contributed by atoms with Crippen LogP contribution in [0.3, 0.4) is 0 Å². The molecule has 0 spiro atoms. The molecule has 7 rings (SSSR count). The smallest absolute Gasteiger partial charge is 0.352 e. The summed E-state index contributed by atoms with van der Waals surface area (Å²) in [5.74, 6) is 2.47. The van der Waals surface area contributed by atoms with Gasteiger partial charge in [-0.2, -0.15) is 0 Å². The van der Waals surface area contributed by atoms with Gasteiger partial charge in [0.25, 0.3) is 17.7 Å². The van der Waals surface area contributed by atoms with Gasteiger partial charge in [0.15, 0.2) is 10.8 Å². The van der Waals surface area contributed by atoms with E-state index < -0.39 is 46.2 Å². The van der Waals surface area contributed by atoms with Gasteiger partial charge in [-0.05, 0) is 46.5 Å². The Kier molecular flexibility index (Phi) is 11.0. The zero-order valence-electron chi connectivity index (χ0n) is 30.3. The molecule has 5 aromatic rings. The van der Waals surface area contributed by atoms with Gasteiger partial charge < -0.3 is 32.2 Å². The highest BCUT2D eigenvalue weighted by molar-refractivity contribution is 8.01. The predicted molar refractivity (Wildman–Crippen MR) is 214 cm³/mol. The fourth-order valence-corrected chi connectivity index (χ4v) is 9.26. The lowest BCUT2D eigenvalue weighted by Gasteiger charge is -2.49. The van der Waals surface area contributed by atoms with Crippen molar-refractivity contribution in [3.05, 3.63) is 130 Å². The highest BCUT2D eigenvalue weighted by atomic mass is 32.2. The maximum atomic E-state index is 14.1. The number of primary amides is 1. The molecule has 0 saturated carbocycles. The van der Waals surface area contributed by atoms with Crippen LogP contribution in [0.5, 0.6) is 0 Å². The number of nitrogens with one attached hydrogen (secondary N) is 2. The number of benzene rings is 3. The van der Waals surface area contributed by atoms with Crippen molar-refractivity contribution in [2.75, 3.05) is 22.7 Å². The Hall–Kier alpha value is -6.25. The Morgan fingerprint density at radius 2 is 1.60 bits per heavy atom. The molecule has 2 aliphatic rings. The van der Waals surface area contributed by atoms with Crippen LogP contribution in [0.4, 0.5) is 5.13 Å². The van der Waals surface area contributed by atoms with Gasteiger partial charge in [0.2, 0.25) is 10.8 Å². The minimum Gasteiger partial charge on any atom is -0.477 e. The number of nitrogen functional groups attached to an aromatic ring is 1. The summed E-state index contributed by atoms with van der Waals surface area (Å²) in [5, 5.41) is 33.0. The van der Waals surface area contributed by atoms with Gasteiger partial charge in [0.1, 0.15) is 28.3 Å². The topological polar surface area (TPSA) is 246 Å². The van der Waals surface area contributed by atoms with Crippen LogP contribution in [0.2, 0.25) is 0 Å². The van der Waals surface area contributed by atoms with E-state index in [9.17, 15) is 24.3 Å². The van der Waals surface area contributed by atoms with Crippen molar-refractivity contribution >= 4 is 69.4 Å². The van der Waals surface area contributed by atoms with Crippen molar-refractivity contribution in [1.82, 2.24) is 35.5 Å². The molecule has 4 heterocycles. The first kappa shape index (κ1) is 39.0. The summed E-state index contributed by atoms with van der Waals surface area (Å²) in [6, 6.07) is 28.5. The number of carboxylic acids is 1. The molecule has 20 heteroatoms. The average molecular weight is 826 g/mol. The summed E-state index contributed by atoms with van der Waals surface area (Å²) in [5.41, 5.74) is 5.77. The second kappa shape index (κ2) is 16.1. The van der Waals surface area contributed by atoms with E-state index in [4.69, 9.17) is 21.4 Å². The number of thiazole rings is 1. The summed E-state index contributed by atoms with van der Waals surface area (Å²) < 4.78 is 0. The minimum atomic E-state index is -1.61. The lowest BCUT2D eigenvalue weighted by Crippen LogP contribution is -2.71. The van der Waals surface area contributed by atoms with Crippen LogP contribution in [-0.2, 0) is 29.6 Å². The maximum absolute atomic E-state index is 14.1. The molecule has 17 nitrogen and oxygen atoms in total. The number of carbonyl (C=O) groups is 4. The SMILES string of the molecule is CC(C)(O/N=C(/C(=O)N[C@@H]1C(=O)N2C(C(=O)O)=C(CSc3nnnn3N)CS[C@H]12)c1csc(NC(c2ccccc2)(c2ccccc2)c2ccccc2)n1)C(N)=O. The Labute approximate surface area is 337 Å². The van der Waals surface area contributed by atoms with Crippen molar-refractivity contribution in [2.45, 2.75) is 41.6 Å². The first-order valence-corrected chi connectivity index (χ1v) is 20.2. The van der Waals surface area contributed by atoms with E-state index in [1.54, 1.807) is 5.38 Å². The van der Waals surface area contributed by atoms with E-state index in [1.165, 1.54) is 36.9 Å². The summed E-state index contributed by atoms with van der Waals surface area (Å²) in [7, 11) is 0. The van der Waals surface area contributed by atoms with E-state index in [0.29, 0.717) is 10.7 Å². The Balaban J connectivity index is 1.19. The molecule has 1 fully saturated rings. The number of amides is 3. The fraction of sp³-hybridized carbons (Fsp3) is 0.216. The number of nitrogens with zero attached hydrogens (tertiary/aromatic N) is 7. The summed E-state index contributed by atoms with van der Waals surface area (Å²) in [6.45, 7) is 2.79. The molecule has 292 valence electrons. The normalized spacial score (nSPS) is 17.1. The van der Waals surface area contributed by atoms with Gasteiger partial charge >= 0.3 is 5.97 Å². The lowest BCUT2D eigenvalue weighted by molar-refractivity contribution is -0.150. The number of nitrogens with two attached hydrogens (primary N) is 2. The minimum absolute atomic E-state index is 0.0796. The van der Waals surface area contributed by atoms with Crippen LogP contribution in [0.1, 0.15) is 36.2 Å². The Morgan fingerprint density at radius 3 is 2.12 bits per heavy atom. The predicted octanol–water partition coefficient (Wildman–Crippen LogP) is 2.76. The average Bonchev–Trinajstić information content (AvgIpc) is 3.86. The van der Waals surface area contributed by atoms with Gasteiger partial charge in [-0.3, -0.25) is 19.3 Å². The number of hydrogen-bond donors (Lipinski definition) is 5. The van der Waals surface area contributed by atoms with Crippen LogP contribution in [0.15, 0.2) is 118 Å². The van der Waals surface area contributed by atoms with Crippen molar-refractivity contribution in [1.29, 1.82) is 0 Å². The van der Waals surface area contributed by atoms with Gasteiger partial charge in [0, 0.05) is 16.9 Å². The zero-order chi connectivity index (χ0) is 40.3. The molecule has 2 aliphatic heterocycles.